The van der Waals surface area contributed by atoms with Gasteiger partial charge in [0, 0.05) is 18.5 Å². The Morgan fingerprint density at radius 2 is 1.90 bits per heavy atom. The standard InChI is InChI=1S/C14H19FN2O3/c15-12-7-5-6-11(10-12)14(19)16-9-4-2-1-3-8-13(18)17-20/h5-7,10,20H,1-4,8-9H2,(H,16,19)(H,17,18). The van der Waals surface area contributed by atoms with E-state index in [0.717, 1.165) is 19.3 Å². The Morgan fingerprint density at radius 3 is 2.60 bits per heavy atom. The van der Waals surface area contributed by atoms with E-state index in [2.05, 4.69) is 5.32 Å². The first-order valence-corrected chi connectivity index (χ1v) is 6.60. The van der Waals surface area contributed by atoms with E-state index in [4.69, 9.17) is 5.21 Å². The molecule has 6 heteroatoms. The zero-order valence-corrected chi connectivity index (χ0v) is 11.2. The fourth-order valence-corrected chi connectivity index (χ4v) is 1.75. The van der Waals surface area contributed by atoms with Gasteiger partial charge in [-0.2, -0.15) is 0 Å². The van der Waals surface area contributed by atoms with Crippen LogP contribution in [0.1, 0.15) is 42.5 Å². The van der Waals surface area contributed by atoms with Crippen LogP contribution in [-0.2, 0) is 4.79 Å². The third-order valence-electron chi connectivity index (χ3n) is 2.83. The molecule has 1 aromatic carbocycles. The van der Waals surface area contributed by atoms with Crippen LogP contribution in [0.25, 0.3) is 0 Å². The first-order valence-electron chi connectivity index (χ1n) is 6.60. The number of hydrogen-bond donors (Lipinski definition) is 3. The summed E-state index contributed by atoms with van der Waals surface area (Å²) in [5, 5.41) is 11.0. The molecule has 1 rings (SSSR count). The molecule has 20 heavy (non-hydrogen) atoms. The summed E-state index contributed by atoms with van der Waals surface area (Å²) in [6.07, 6.45) is 3.52. The summed E-state index contributed by atoms with van der Waals surface area (Å²) in [6.45, 7) is 0.515. The molecule has 1 aromatic rings. The van der Waals surface area contributed by atoms with E-state index in [-0.39, 0.29) is 11.8 Å². The van der Waals surface area contributed by atoms with Crippen molar-refractivity contribution in [1.82, 2.24) is 10.8 Å². The van der Waals surface area contributed by atoms with Gasteiger partial charge in [-0.25, -0.2) is 9.87 Å². The monoisotopic (exact) mass is 282 g/mol. The molecule has 0 aromatic heterocycles. The Labute approximate surface area is 117 Å². The fourth-order valence-electron chi connectivity index (χ4n) is 1.75. The van der Waals surface area contributed by atoms with E-state index in [9.17, 15) is 14.0 Å². The minimum absolute atomic E-state index is 0.288. The van der Waals surface area contributed by atoms with Crippen LogP contribution in [-0.4, -0.2) is 23.6 Å². The second-order valence-corrected chi connectivity index (χ2v) is 4.47. The van der Waals surface area contributed by atoms with E-state index in [1.807, 2.05) is 0 Å². The van der Waals surface area contributed by atoms with Crippen LogP contribution in [0.2, 0.25) is 0 Å². The number of rotatable bonds is 8. The van der Waals surface area contributed by atoms with E-state index in [1.54, 1.807) is 11.5 Å². The van der Waals surface area contributed by atoms with Crippen molar-refractivity contribution in [1.29, 1.82) is 0 Å². The SMILES string of the molecule is O=C(CCCCCCNC(=O)c1cccc(F)c1)NO. The zero-order valence-electron chi connectivity index (χ0n) is 11.2. The number of halogens is 1. The second kappa shape index (κ2) is 9.03. The van der Waals surface area contributed by atoms with Crippen molar-refractivity contribution >= 4 is 11.8 Å². The molecule has 0 unspecified atom stereocenters. The summed E-state index contributed by atoms with van der Waals surface area (Å²) in [6, 6.07) is 5.55. The van der Waals surface area contributed by atoms with Crippen molar-refractivity contribution in [3.63, 3.8) is 0 Å². The van der Waals surface area contributed by atoms with Gasteiger partial charge in [-0.1, -0.05) is 18.9 Å². The van der Waals surface area contributed by atoms with Gasteiger partial charge in [0.15, 0.2) is 0 Å². The van der Waals surface area contributed by atoms with E-state index in [0.29, 0.717) is 24.9 Å². The van der Waals surface area contributed by atoms with Gasteiger partial charge in [-0.15, -0.1) is 0 Å². The van der Waals surface area contributed by atoms with Crippen LogP contribution in [0.4, 0.5) is 4.39 Å². The molecule has 0 aliphatic heterocycles. The molecule has 0 atom stereocenters. The van der Waals surface area contributed by atoms with Crippen LogP contribution in [0.3, 0.4) is 0 Å². The maximum atomic E-state index is 12.9. The van der Waals surface area contributed by atoms with Gasteiger partial charge in [0.1, 0.15) is 5.82 Å². The third-order valence-corrected chi connectivity index (χ3v) is 2.83. The van der Waals surface area contributed by atoms with Crippen LogP contribution >= 0.6 is 0 Å². The summed E-state index contributed by atoms with van der Waals surface area (Å²) in [7, 11) is 0. The molecule has 110 valence electrons. The topological polar surface area (TPSA) is 78.4 Å². The van der Waals surface area contributed by atoms with Gasteiger partial charge in [0.25, 0.3) is 5.91 Å². The lowest BCUT2D eigenvalue weighted by molar-refractivity contribution is -0.129. The number of hydrogen-bond acceptors (Lipinski definition) is 3. The Bertz CT molecular complexity index is 452. The largest absolute Gasteiger partial charge is 0.352 e. The molecule has 0 saturated carbocycles. The molecular formula is C14H19FN2O3. The van der Waals surface area contributed by atoms with Crippen molar-refractivity contribution in [3.05, 3.63) is 35.6 Å². The molecular weight excluding hydrogens is 263 g/mol. The number of benzene rings is 1. The average molecular weight is 282 g/mol. The quantitative estimate of drug-likeness (QED) is 0.388. The molecule has 3 N–H and O–H groups in total. The predicted octanol–water partition coefficient (Wildman–Crippen LogP) is 2.01. The highest BCUT2D eigenvalue weighted by molar-refractivity contribution is 5.94. The molecule has 0 aliphatic carbocycles. The number of carbonyl (C=O) groups is 2. The van der Waals surface area contributed by atoms with Gasteiger partial charge < -0.3 is 5.32 Å². The first-order chi connectivity index (χ1) is 9.63. The number of unbranched alkanes of at least 4 members (excludes halogenated alkanes) is 3. The van der Waals surface area contributed by atoms with E-state index >= 15 is 0 Å². The Kier molecular flexibility index (Phi) is 7.27. The van der Waals surface area contributed by atoms with Crippen molar-refractivity contribution < 1.29 is 19.2 Å². The summed E-state index contributed by atoms with van der Waals surface area (Å²) in [5.74, 6) is -1.10. The molecule has 0 spiro atoms. The van der Waals surface area contributed by atoms with Crippen molar-refractivity contribution in [2.45, 2.75) is 32.1 Å². The zero-order chi connectivity index (χ0) is 14.8. The lowest BCUT2D eigenvalue weighted by Crippen LogP contribution is -2.24. The molecule has 2 amide bonds. The molecule has 5 nitrogen and oxygen atoms in total. The second-order valence-electron chi connectivity index (χ2n) is 4.47. The maximum Gasteiger partial charge on any atom is 0.251 e. The first kappa shape index (κ1) is 16.1. The van der Waals surface area contributed by atoms with E-state index < -0.39 is 5.82 Å². The number of carbonyl (C=O) groups excluding carboxylic acids is 2. The Balaban J connectivity index is 2.09. The van der Waals surface area contributed by atoms with Crippen molar-refractivity contribution in [2.24, 2.45) is 0 Å². The lowest BCUT2D eigenvalue weighted by atomic mass is 10.1. The number of amides is 2. The highest BCUT2D eigenvalue weighted by Crippen LogP contribution is 2.04. The Morgan fingerprint density at radius 1 is 1.15 bits per heavy atom. The third kappa shape index (κ3) is 6.29. The van der Waals surface area contributed by atoms with Gasteiger partial charge >= 0.3 is 0 Å². The molecule has 0 fully saturated rings. The predicted molar refractivity (Wildman–Crippen MR) is 71.7 cm³/mol. The lowest BCUT2D eigenvalue weighted by Gasteiger charge is -2.05. The minimum Gasteiger partial charge on any atom is -0.352 e. The van der Waals surface area contributed by atoms with Gasteiger partial charge in [0.2, 0.25) is 5.91 Å². The van der Waals surface area contributed by atoms with Gasteiger partial charge in [-0.05, 0) is 31.0 Å². The van der Waals surface area contributed by atoms with E-state index in [1.165, 1.54) is 18.2 Å². The average Bonchev–Trinajstić information content (AvgIpc) is 2.45. The van der Waals surface area contributed by atoms with Crippen LogP contribution in [0, 0.1) is 5.82 Å². The Hall–Kier alpha value is -1.95. The van der Waals surface area contributed by atoms with Gasteiger partial charge in [0.05, 0.1) is 0 Å². The number of nitrogens with one attached hydrogen (secondary N) is 2. The molecule has 0 heterocycles. The minimum atomic E-state index is -0.431. The van der Waals surface area contributed by atoms with Crippen LogP contribution < -0.4 is 10.8 Å². The summed E-state index contributed by atoms with van der Waals surface area (Å²) in [5.41, 5.74) is 1.89. The van der Waals surface area contributed by atoms with Gasteiger partial charge in [-0.3, -0.25) is 14.8 Å². The summed E-state index contributed by atoms with van der Waals surface area (Å²) in [4.78, 5) is 22.4. The molecule has 0 aliphatic rings. The fraction of sp³-hybridized carbons (Fsp3) is 0.429. The highest BCUT2D eigenvalue weighted by atomic mass is 19.1. The molecule has 0 bridgehead atoms. The van der Waals surface area contributed by atoms with Crippen molar-refractivity contribution in [2.75, 3.05) is 6.54 Å². The number of hydroxylamine groups is 1. The van der Waals surface area contributed by atoms with Crippen LogP contribution in [0.5, 0.6) is 0 Å². The summed E-state index contributed by atoms with van der Waals surface area (Å²) < 4.78 is 12.9. The highest BCUT2D eigenvalue weighted by Gasteiger charge is 2.05. The van der Waals surface area contributed by atoms with Crippen molar-refractivity contribution in [3.8, 4) is 0 Å². The van der Waals surface area contributed by atoms with Crippen LogP contribution in [0.15, 0.2) is 24.3 Å². The smallest absolute Gasteiger partial charge is 0.251 e. The normalized spacial score (nSPS) is 10.1. The molecule has 0 radical (unpaired) electrons. The molecule has 0 saturated heterocycles. The maximum absolute atomic E-state index is 12.9. The summed E-state index contributed by atoms with van der Waals surface area (Å²) >= 11 is 0.